The van der Waals surface area contributed by atoms with Crippen LogP contribution in [0.25, 0.3) is 0 Å². The number of halogens is 1. The molecule has 30 heavy (non-hydrogen) atoms. The summed E-state index contributed by atoms with van der Waals surface area (Å²) >= 11 is 0. The Kier molecular flexibility index (Phi) is 7.10. The van der Waals surface area contributed by atoms with Gasteiger partial charge in [0.25, 0.3) is 0 Å². The van der Waals surface area contributed by atoms with Crippen LogP contribution in [0.4, 0.5) is 10.1 Å². The Morgan fingerprint density at radius 2 is 1.80 bits per heavy atom. The number of sulfone groups is 1. The number of nitrogens with zero attached hydrogens (tertiary/aromatic N) is 2. The van der Waals surface area contributed by atoms with Crippen molar-refractivity contribution in [3.63, 3.8) is 0 Å². The van der Waals surface area contributed by atoms with Crippen LogP contribution >= 0.6 is 0 Å². The molecule has 0 saturated heterocycles. The molecule has 0 atom stereocenters. The third-order valence-electron chi connectivity index (χ3n) is 4.81. The molecular weight excluding hydrogens is 403 g/mol. The molecular formula is C22H27FN4O2S. The Hall–Kier alpha value is -2.87. The molecule has 160 valence electrons. The fraction of sp³-hybridized carbons (Fsp3) is 0.318. The van der Waals surface area contributed by atoms with Gasteiger partial charge in [-0.05, 0) is 41.0 Å². The maximum Gasteiger partial charge on any atom is 0.191 e. The molecule has 0 saturated carbocycles. The number of nitrogens with one attached hydrogen (secondary N) is 2. The largest absolute Gasteiger partial charge is 0.364 e. The monoisotopic (exact) mass is 430 g/mol. The van der Waals surface area contributed by atoms with Crippen molar-refractivity contribution in [2.45, 2.75) is 18.8 Å². The molecule has 0 amide bonds. The van der Waals surface area contributed by atoms with Gasteiger partial charge in [0.1, 0.15) is 5.82 Å². The summed E-state index contributed by atoms with van der Waals surface area (Å²) in [7, 11) is -1.56. The van der Waals surface area contributed by atoms with E-state index < -0.39 is 15.7 Å². The predicted molar refractivity (Wildman–Crippen MR) is 120 cm³/mol. The maximum atomic E-state index is 13.7. The first-order valence-electron chi connectivity index (χ1n) is 9.72. The molecule has 0 aromatic heterocycles. The summed E-state index contributed by atoms with van der Waals surface area (Å²) in [5.74, 6) is 0.0205. The van der Waals surface area contributed by atoms with E-state index in [2.05, 4.69) is 44.8 Å². The second kappa shape index (κ2) is 9.75. The molecule has 0 radical (unpaired) electrons. The lowest BCUT2D eigenvalue weighted by molar-refractivity contribution is 0.599. The van der Waals surface area contributed by atoms with Gasteiger partial charge in [-0.3, -0.25) is 4.99 Å². The smallest absolute Gasteiger partial charge is 0.191 e. The molecule has 1 aliphatic heterocycles. The predicted octanol–water partition coefficient (Wildman–Crippen LogP) is 2.61. The molecule has 2 N–H and O–H groups in total. The van der Waals surface area contributed by atoms with Gasteiger partial charge in [-0.1, -0.05) is 30.4 Å². The van der Waals surface area contributed by atoms with Crippen LogP contribution in [0, 0.1) is 5.82 Å². The highest BCUT2D eigenvalue weighted by Gasteiger charge is 2.12. The molecule has 0 spiro atoms. The van der Waals surface area contributed by atoms with Crippen LogP contribution in [-0.4, -0.2) is 40.8 Å². The van der Waals surface area contributed by atoms with E-state index in [0.29, 0.717) is 23.6 Å². The van der Waals surface area contributed by atoms with Crippen LogP contribution in [0.15, 0.2) is 59.6 Å². The zero-order valence-corrected chi connectivity index (χ0v) is 18.0. The van der Waals surface area contributed by atoms with E-state index in [9.17, 15) is 12.8 Å². The first kappa shape index (κ1) is 21.8. The summed E-state index contributed by atoms with van der Waals surface area (Å²) in [5, 5.41) is 6.38. The Balaban J connectivity index is 1.61. The Bertz CT molecular complexity index is 1040. The van der Waals surface area contributed by atoms with E-state index in [0.717, 1.165) is 18.7 Å². The number of guanidine groups is 1. The average Bonchev–Trinajstić information content (AvgIpc) is 3.24. The highest BCUT2D eigenvalue weighted by Crippen LogP contribution is 2.18. The molecule has 1 heterocycles. The van der Waals surface area contributed by atoms with Gasteiger partial charge in [-0.2, -0.15) is 0 Å². The molecule has 2 aromatic rings. The number of hydrogen-bond donors (Lipinski definition) is 2. The van der Waals surface area contributed by atoms with Gasteiger partial charge in [0.2, 0.25) is 0 Å². The molecule has 0 fully saturated rings. The normalized spacial score (nSPS) is 14.2. The van der Waals surface area contributed by atoms with Crippen LogP contribution in [0.5, 0.6) is 0 Å². The summed E-state index contributed by atoms with van der Waals surface area (Å²) < 4.78 is 37.0. The minimum absolute atomic E-state index is 0.130. The highest BCUT2D eigenvalue weighted by molar-refractivity contribution is 7.89. The quantitative estimate of drug-likeness (QED) is 0.401. The van der Waals surface area contributed by atoms with Crippen molar-refractivity contribution in [3.05, 3.63) is 77.1 Å². The summed E-state index contributed by atoms with van der Waals surface area (Å²) in [6.07, 6.45) is 5.47. The van der Waals surface area contributed by atoms with Crippen molar-refractivity contribution >= 4 is 21.5 Å². The first-order valence-corrected chi connectivity index (χ1v) is 11.8. The summed E-state index contributed by atoms with van der Waals surface area (Å²) in [6, 6.07) is 12.5. The van der Waals surface area contributed by atoms with Crippen molar-refractivity contribution in [1.82, 2.24) is 10.6 Å². The average molecular weight is 431 g/mol. The van der Waals surface area contributed by atoms with E-state index in [1.54, 1.807) is 7.05 Å². The molecule has 0 bridgehead atoms. The molecule has 0 unspecified atom stereocenters. The van der Waals surface area contributed by atoms with E-state index in [4.69, 9.17) is 0 Å². The first-order chi connectivity index (χ1) is 14.3. The van der Waals surface area contributed by atoms with Crippen LogP contribution in [0.2, 0.25) is 0 Å². The van der Waals surface area contributed by atoms with Crippen molar-refractivity contribution in [3.8, 4) is 0 Å². The summed E-state index contributed by atoms with van der Waals surface area (Å²) in [4.78, 5) is 6.49. The lowest BCUT2D eigenvalue weighted by Crippen LogP contribution is -2.36. The number of benzene rings is 2. The van der Waals surface area contributed by atoms with Crippen LogP contribution in [0.1, 0.15) is 16.7 Å². The topological polar surface area (TPSA) is 73.8 Å². The maximum absolute atomic E-state index is 13.7. The third-order valence-corrected chi connectivity index (χ3v) is 5.65. The van der Waals surface area contributed by atoms with Crippen molar-refractivity contribution in [2.75, 3.05) is 31.3 Å². The van der Waals surface area contributed by atoms with Gasteiger partial charge in [-0.15, -0.1) is 0 Å². The fourth-order valence-electron chi connectivity index (χ4n) is 3.32. The Labute approximate surface area is 177 Å². The van der Waals surface area contributed by atoms with Gasteiger partial charge < -0.3 is 15.5 Å². The molecule has 8 heteroatoms. The standard InChI is InChI=1S/C22H27FN4O2S/c1-24-22(25-14-17-6-5-7-21(12-17)27-10-3-4-11-27)26-15-19-13-20(23)9-8-18(19)16-30(2,28)29/h3-9,12-13H,10-11,14-16H2,1-2H3,(H2,24,25,26). The lowest BCUT2D eigenvalue weighted by atomic mass is 10.1. The summed E-state index contributed by atoms with van der Waals surface area (Å²) in [6.45, 7) is 2.68. The number of aliphatic imine (C=N–C) groups is 1. The summed E-state index contributed by atoms with van der Waals surface area (Å²) in [5.41, 5.74) is 3.46. The van der Waals surface area contributed by atoms with Crippen LogP contribution in [-0.2, 0) is 28.7 Å². The lowest BCUT2D eigenvalue weighted by Gasteiger charge is -2.19. The van der Waals surface area contributed by atoms with Gasteiger partial charge >= 0.3 is 0 Å². The molecule has 2 aromatic carbocycles. The Morgan fingerprint density at radius 1 is 1.07 bits per heavy atom. The zero-order valence-electron chi connectivity index (χ0n) is 17.2. The molecule has 3 rings (SSSR count). The number of rotatable bonds is 7. The second-order valence-electron chi connectivity index (χ2n) is 7.31. The second-order valence-corrected chi connectivity index (χ2v) is 9.45. The van der Waals surface area contributed by atoms with Crippen LogP contribution in [0.3, 0.4) is 0 Å². The van der Waals surface area contributed by atoms with E-state index in [1.807, 2.05) is 12.1 Å². The third kappa shape index (κ3) is 6.32. The van der Waals surface area contributed by atoms with Gasteiger partial charge in [0.15, 0.2) is 15.8 Å². The SMILES string of the molecule is CN=C(NCc1cccc(N2CC=CC2)c1)NCc1cc(F)ccc1CS(C)(=O)=O. The van der Waals surface area contributed by atoms with E-state index in [-0.39, 0.29) is 12.3 Å². The molecule has 6 nitrogen and oxygen atoms in total. The molecule has 0 aliphatic carbocycles. The molecule has 1 aliphatic rings. The van der Waals surface area contributed by atoms with Gasteiger partial charge in [0, 0.05) is 45.2 Å². The number of anilines is 1. The highest BCUT2D eigenvalue weighted by atomic mass is 32.2. The zero-order chi connectivity index (χ0) is 21.6. The van der Waals surface area contributed by atoms with Crippen molar-refractivity contribution in [2.24, 2.45) is 4.99 Å². The van der Waals surface area contributed by atoms with Gasteiger partial charge in [0.05, 0.1) is 5.75 Å². The minimum atomic E-state index is -3.22. The fourth-order valence-corrected chi connectivity index (χ4v) is 4.17. The van der Waals surface area contributed by atoms with Crippen molar-refractivity contribution < 1.29 is 12.8 Å². The van der Waals surface area contributed by atoms with Crippen molar-refractivity contribution in [1.29, 1.82) is 0 Å². The van der Waals surface area contributed by atoms with E-state index >= 15 is 0 Å². The number of hydrogen-bond acceptors (Lipinski definition) is 4. The van der Waals surface area contributed by atoms with Crippen LogP contribution < -0.4 is 15.5 Å². The minimum Gasteiger partial charge on any atom is -0.364 e. The Morgan fingerprint density at radius 3 is 2.50 bits per heavy atom. The van der Waals surface area contributed by atoms with E-state index in [1.165, 1.54) is 30.1 Å². The van der Waals surface area contributed by atoms with Gasteiger partial charge in [-0.25, -0.2) is 12.8 Å².